The molecule has 1 amide bonds. The van der Waals surface area contributed by atoms with Gasteiger partial charge in [0, 0.05) is 49.4 Å². The van der Waals surface area contributed by atoms with Gasteiger partial charge in [0.25, 0.3) is 5.91 Å². The van der Waals surface area contributed by atoms with Crippen molar-refractivity contribution in [2.24, 2.45) is 0 Å². The average Bonchev–Trinajstić information content (AvgIpc) is 3.10. The molecule has 2 aliphatic heterocycles. The van der Waals surface area contributed by atoms with E-state index in [1.54, 1.807) is 11.8 Å². The van der Waals surface area contributed by atoms with E-state index in [1.165, 1.54) is 6.42 Å². The van der Waals surface area contributed by atoms with Crippen molar-refractivity contribution in [2.75, 3.05) is 30.3 Å². The summed E-state index contributed by atoms with van der Waals surface area (Å²) in [7, 11) is 0. The van der Waals surface area contributed by atoms with Crippen molar-refractivity contribution in [2.45, 2.75) is 19.3 Å². The van der Waals surface area contributed by atoms with Crippen molar-refractivity contribution in [3.63, 3.8) is 0 Å². The van der Waals surface area contributed by atoms with Crippen LogP contribution in [-0.4, -0.2) is 46.2 Å². The number of aromatic amines is 1. The summed E-state index contributed by atoms with van der Waals surface area (Å²) >= 11 is 1.68. The third-order valence-electron chi connectivity index (χ3n) is 4.46. The zero-order valence-corrected chi connectivity index (χ0v) is 13.8. The van der Waals surface area contributed by atoms with E-state index in [-0.39, 0.29) is 5.91 Å². The summed E-state index contributed by atoms with van der Waals surface area (Å²) in [5, 5.41) is 1.10. The van der Waals surface area contributed by atoms with Gasteiger partial charge < -0.3 is 14.8 Å². The van der Waals surface area contributed by atoms with Gasteiger partial charge >= 0.3 is 0 Å². The van der Waals surface area contributed by atoms with E-state index in [4.69, 9.17) is 0 Å². The number of fused-ring (bicyclic) bond motifs is 1. The number of nitrogens with zero attached hydrogens (tertiary/aromatic N) is 3. The van der Waals surface area contributed by atoms with E-state index in [1.807, 2.05) is 35.6 Å². The molecule has 1 saturated heterocycles. The second kappa shape index (κ2) is 6.28. The number of hydrogen-bond donors (Lipinski definition) is 1. The molecule has 1 N–H and O–H groups in total. The second-order valence-electron chi connectivity index (χ2n) is 5.96. The molecule has 0 atom stereocenters. The molecule has 23 heavy (non-hydrogen) atoms. The molecule has 1 fully saturated rings. The van der Waals surface area contributed by atoms with Crippen molar-refractivity contribution in [3.8, 4) is 0 Å². The molecule has 0 unspecified atom stereocenters. The van der Waals surface area contributed by atoms with E-state index < -0.39 is 0 Å². The van der Waals surface area contributed by atoms with Gasteiger partial charge in [0.15, 0.2) is 0 Å². The number of anilines is 1. The summed E-state index contributed by atoms with van der Waals surface area (Å²) in [6.07, 6.45) is 9.24. The number of hydrogen-bond acceptors (Lipinski definition) is 4. The van der Waals surface area contributed by atoms with E-state index in [2.05, 4.69) is 14.9 Å². The van der Waals surface area contributed by atoms with E-state index in [0.717, 1.165) is 59.9 Å². The maximum absolute atomic E-state index is 12.7. The number of aromatic nitrogens is 2. The van der Waals surface area contributed by atoms with E-state index in [9.17, 15) is 4.79 Å². The maximum atomic E-state index is 12.7. The summed E-state index contributed by atoms with van der Waals surface area (Å²) in [5.41, 5.74) is 2.00. The third-order valence-corrected chi connectivity index (χ3v) is 5.44. The molecule has 2 aromatic rings. The predicted octanol–water partition coefficient (Wildman–Crippen LogP) is 2.97. The summed E-state index contributed by atoms with van der Waals surface area (Å²) in [4.78, 5) is 25.3. The molecule has 4 heterocycles. The number of H-pyrrole nitrogens is 1. The molecule has 0 aliphatic carbocycles. The number of amides is 1. The molecule has 0 spiro atoms. The van der Waals surface area contributed by atoms with Crippen LogP contribution in [0.2, 0.25) is 0 Å². The van der Waals surface area contributed by atoms with Crippen LogP contribution >= 0.6 is 11.8 Å². The quantitative estimate of drug-likeness (QED) is 0.921. The molecule has 0 saturated carbocycles. The number of nitrogens with one attached hydrogen (secondary N) is 1. The highest BCUT2D eigenvalue weighted by molar-refractivity contribution is 8.04. The average molecular weight is 328 g/mol. The molecule has 2 aliphatic rings. The van der Waals surface area contributed by atoms with Gasteiger partial charge in [-0.25, -0.2) is 4.98 Å². The van der Waals surface area contributed by atoms with Crippen molar-refractivity contribution in [1.29, 1.82) is 0 Å². The third kappa shape index (κ3) is 2.83. The van der Waals surface area contributed by atoms with Crippen LogP contribution in [-0.2, 0) is 4.79 Å². The van der Waals surface area contributed by atoms with Crippen molar-refractivity contribution in [1.82, 2.24) is 14.9 Å². The van der Waals surface area contributed by atoms with Gasteiger partial charge in [-0.15, -0.1) is 11.8 Å². The minimum atomic E-state index is 0.193. The Morgan fingerprint density at radius 3 is 2.91 bits per heavy atom. The lowest BCUT2D eigenvalue weighted by molar-refractivity contribution is -0.127. The van der Waals surface area contributed by atoms with Crippen molar-refractivity contribution < 1.29 is 4.79 Å². The van der Waals surface area contributed by atoms with E-state index >= 15 is 0 Å². The summed E-state index contributed by atoms with van der Waals surface area (Å²) in [6.45, 7) is 2.70. The second-order valence-corrected chi connectivity index (χ2v) is 7.09. The Labute approximate surface area is 139 Å². The first-order chi connectivity index (χ1) is 11.3. The molecule has 0 radical (unpaired) electrons. The monoisotopic (exact) mass is 328 g/mol. The van der Waals surface area contributed by atoms with Crippen LogP contribution < -0.4 is 4.90 Å². The Morgan fingerprint density at radius 1 is 1.17 bits per heavy atom. The van der Waals surface area contributed by atoms with Crippen LogP contribution in [0.5, 0.6) is 0 Å². The molecule has 0 bridgehead atoms. The Balaban J connectivity index is 1.62. The van der Waals surface area contributed by atoms with Gasteiger partial charge in [-0.05, 0) is 31.4 Å². The lowest BCUT2D eigenvalue weighted by Crippen LogP contribution is -2.37. The maximum Gasteiger partial charge on any atom is 0.261 e. The van der Waals surface area contributed by atoms with Crippen LogP contribution in [0.3, 0.4) is 0 Å². The van der Waals surface area contributed by atoms with Crippen LogP contribution in [0.15, 0.2) is 35.6 Å². The lowest BCUT2D eigenvalue weighted by atomic mass is 10.1. The number of pyridine rings is 1. The van der Waals surface area contributed by atoms with Crippen LogP contribution in [0.4, 0.5) is 5.69 Å². The number of thioether (sulfide) groups is 1. The Hall–Kier alpha value is -1.95. The van der Waals surface area contributed by atoms with Gasteiger partial charge in [-0.3, -0.25) is 4.79 Å². The molecule has 120 valence electrons. The summed E-state index contributed by atoms with van der Waals surface area (Å²) in [6, 6.07) is 4.06. The standard InChI is InChI=1S/C17H20N4OS/c22-17(20-8-2-1-3-9-20)15-12-21(10-11-23-15)14-5-7-19-16-13(14)4-6-18-16/h4-7,12H,1-3,8-11H2,(H,18,19). The van der Waals surface area contributed by atoms with Gasteiger partial charge in [-0.1, -0.05) is 0 Å². The van der Waals surface area contributed by atoms with Crippen LogP contribution in [0, 0.1) is 0 Å². The Kier molecular flexibility index (Phi) is 3.99. The largest absolute Gasteiger partial charge is 0.346 e. The number of carbonyl (C=O) groups is 1. The van der Waals surface area contributed by atoms with Gasteiger partial charge in [0.1, 0.15) is 5.65 Å². The smallest absolute Gasteiger partial charge is 0.261 e. The molecule has 0 aromatic carbocycles. The molecule has 6 heteroatoms. The first kappa shape index (κ1) is 14.6. The van der Waals surface area contributed by atoms with Crippen LogP contribution in [0.1, 0.15) is 19.3 Å². The molecular formula is C17H20N4OS. The van der Waals surface area contributed by atoms with Gasteiger partial charge in [0.05, 0.1) is 10.6 Å². The molecule has 5 nitrogen and oxygen atoms in total. The van der Waals surface area contributed by atoms with Gasteiger partial charge in [0.2, 0.25) is 0 Å². The van der Waals surface area contributed by atoms with Crippen molar-refractivity contribution >= 4 is 34.4 Å². The number of piperidine rings is 1. The minimum absolute atomic E-state index is 0.193. The molecule has 2 aromatic heterocycles. The lowest BCUT2D eigenvalue weighted by Gasteiger charge is -2.31. The zero-order chi connectivity index (χ0) is 15.6. The van der Waals surface area contributed by atoms with Gasteiger partial charge in [-0.2, -0.15) is 0 Å². The highest BCUT2D eigenvalue weighted by Crippen LogP contribution is 2.31. The predicted molar refractivity (Wildman–Crippen MR) is 94.4 cm³/mol. The molecule has 4 rings (SSSR count). The fourth-order valence-corrected chi connectivity index (χ4v) is 4.22. The fraction of sp³-hybridized carbons (Fsp3) is 0.412. The number of likely N-dealkylation sites (tertiary alicyclic amines) is 1. The highest BCUT2D eigenvalue weighted by Gasteiger charge is 2.24. The van der Waals surface area contributed by atoms with E-state index in [0.29, 0.717) is 0 Å². The molecular weight excluding hydrogens is 308 g/mol. The van der Waals surface area contributed by atoms with Crippen LogP contribution in [0.25, 0.3) is 11.0 Å². The Bertz CT molecular complexity index is 748. The minimum Gasteiger partial charge on any atom is -0.346 e. The fourth-order valence-electron chi connectivity index (χ4n) is 3.25. The SMILES string of the molecule is O=C(C1=CN(c2ccnc3[nH]ccc23)CCS1)N1CCCCC1. The summed E-state index contributed by atoms with van der Waals surface area (Å²) in [5.74, 6) is 1.12. The number of carbonyl (C=O) groups excluding carboxylic acids is 1. The normalized spacial score (nSPS) is 19.0. The summed E-state index contributed by atoms with van der Waals surface area (Å²) < 4.78 is 0. The Morgan fingerprint density at radius 2 is 2.04 bits per heavy atom. The number of rotatable bonds is 2. The first-order valence-corrected chi connectivity index (χ1v) is 9.14. The van der Waals surface area contributed by atoms with Crippen molar-refractivity contribution in [3.05, 3.63) is 35.6 Å². The topological polar surface area (TPSA) is 52.2 Å². The highest BCUT2D eigenvalue weighted by atomic mass is 32.2. The first-order valence-electron chi connectivity index (χ1n) is 8.15. The zero-order valence-electron chi connectivity index (χ0n) is 13.0.